The molecule has 1 N–H and O–H groups in total. The van der Waals surface area contributed by atoms with Crippen LogP contribution in [0.5, 0.6) is 5.75 Å². The summed E-state index contributed by atoms with van der Waals surface area (Å²) in [6.45, 7) is 6.47. The maximum Gasteiger partial charge on any atom is 0.244 e. The van der Waals surface area contributed by atoms with Crippen molar-refractivity contribution in [2.24, 2.45) is 0 Å². The van der Waals surface area contributed by atoms with Crippen molar-refractivity contribution in [1.82, 2.24) is 4.57 Å². The molecule has 0 saturated carbocycles. The van der Waals surface area contributed by atoms with Crippen molar-refractivity contribution in [2.45, 2.75) is 33.2 Å². The predicted molar refractivity (Wildman–Crippen MR) is 107 cm³/mol. The van der Waals surface area contributed by atoms with Crippen LogP contribution in [0.4, 0.5) is 5.69 Å². The summed E-state index contributed by atoms with van der Waals surface area (Å²) in [4.78, 5) is 12.5. The first-order valence-electron chi connectivity index (χ1n) is 8.62. The molecular weight excluding hydrogens is 348 g/mol. The number of carbonyl (C=O) groups excluding carboxylic acids is 1. The van der Waals surface area contributed by atoms with E-state index in [0.717, 1.165) is 16.5 Å². The SMILES string of the molecule is COc1cc(Cl)c(C)cc1NC(=O)Cn1ccc2cc(C(C)C)ccc21. The molecule has 1 aromatic heterocycles. The number of fused-ring (bicyclic) bond motifs is 1. The van der Waals surface area contributed by atoms with E-state index in [1.165, 1.54) is 5.56 Å². The number of anilines is 1. The Morgan fingerprint density at radius 2 is 2.00 bits per heavy atom. The lowest BCUT2D eigenvalue weighted by Crippen LogP contribution is -2.18. The molecule has 0 unspecified atom stereocenters. The standard InChI is InChI=1S/C21H23ClN2O2/c1-13(2)15-5-6-19-16(10-15)7-8-24(19)12-21(25)23-18-9-14(3)17(22)11-20(18)26-4/h5-11,13H,12H2,1-4H3,(H,23,25). The number of hydrogen-bond acceptors (Lipinski definition) is 2. The fourth-order valence-electron chi connectivity index (χ4n) is 2.99. The summed E-state index contributed by atoms with van der Waals surface area (Å²) in [6, 6.07) is 12.0. The van der Waals surface area contributed by atoms with Gasteiger partial charge in [0.1, 0.15) is 12.3 Å². The Morgan fingerprint density at radius 3 is 2.69 bits per heavy atom. The smallest absolute Gasteiger partial charge is 0.244 e. The molecule has 26 heavy (non-hydrogen) atoms. The first-order valence-corrected chi connectivity index (χ1v) is 8.99. The second-order valence-corrected chi connectivity index (χ2v) is 7.17. The summed E-state index contributed by atoms with van der Waals surface area (Å²) in [5.74, 6) is 0.912. The van der Waals surface area contributed by atoms with Crippen LogP contribution in [-0.2, 0) is 11.3 Å². The van der Waals surface area contributed by atoms with Gasteiger partial charge < -0.3 is 14.6 Å². The van der Waals surface area contributed by atoms with E-state index in [2.05, 4.69) is 37.4 Å². The van der Waals surface area contributed by atoms with Crippen LogP contribution in [0.15, 0.2) is 42.6 Å². The zero-order valence-electron chi connectivity index (χ0n) is 15.5. The number of hydrogen-bond donors (Lipinski definition) is 1. The molecular formula is C21H23ClN2O2. The molecule has 3 rings (SSSR count). The predicted octanol–water partition coefficient (Wildman–Crippen LogP) is 5.37. The van der Waals surface area contributed by atoms with Crippen LogP contribution in [0.3, 0.4) is 0 Å². The lowest BCUT2D eigenvalue weighted by atomic mass is 10.0. The highest BCUT2D eigenvalue weighted by atomic mass is 35.5. The van der Waals surface area contributed by atoms with Gasteiger partial charge in [0.05, 0.1) is 12.8 Å². The Labute approximate surface area is 158 Å². The first kappa shape index (κ1) is 18.3. The van der Waals surface area contributed by atoms with Gasteiger partial charge in [-0.1, -0.05) is 31.5 Å². The molecule has 0 radical (unpaired) electrons. The van der Waals surface area contributed by atoms with Gasteiger partial charge in [-0.05, 0) is 53.6 Å². The number of nitrogens with zero attached hydrogens (tertiary/aromatic N) is 1. The Balaban J connectivity index is 1.81. The molecule has 5 heteroatoms. The number of benzene rings is 2. The maximum atomic E-state index is 12.5. The van der Waals surface area contributed by atoms with Crippen molar-refractivity contribution >= 4 is 34.1 Å². The van der Waals surface area contributed by atoms with Crippen LogP contribution < -0.4 is 10.1 Å². The fourth-order valence-corrected chi connectivity index (χ4v) is 3.14. The van der Waals surface area contributed by atoms with E-state index in [4.69, 9.17) is 16.3 Å². The van der Waals surface area contributed by atoms with E-state index in [1.54, 1.807) is 13.2 Å². The lowest BCUT2D eigenvalue weighted by molar-refractivity contribution is -0.116. The Morgan fingerprint density at radius 1 is 1.23 bits per heavy atom. The Kier molecular flexibility index (Phi) is 5.23. The summed E-state index contributed by atoms with van der Waals surface area (Å²) in [5, 5.41) is 4.67. The van der Waals surface area contributed by atoms with E-state index >= 15 is 0 Å². The number of methoxy groups -OCH3 is 1. The van der Waals surface area contributed by atoms with Crippen LogP contribution >= 0.6 is 11.6 Å². The van der Waals surface area contributed by atoms with E-state index in [0.29, 0.717) is 22.4 Å². The minimum Gasteiger partial charge on any atom is -0.495 e. The molecule has 0 atom stereocenters. The number of rotatable bonds is 5. The van der Waals surface area contributed by atoms with Gasteiger partial charge in [0.25, 0.3) is 0 Å². The van der Waals surface area contributed by atoms with Gasteiger partial charge in [0.15, 0.2) is 0 Å². The molecule has 0 spiro atoms. The van der Waals surface area contributed by atoms with Gasteiger partial charge in [0.2, 0.25) is 5.91 Å². The lowest BCUT2D eigenvalue weighted by Gasteiger charge is -2.13. The van der Waals surface area contributed by atoms with Gasteiger partial charge in [-0.3, -0.25) is 4.79 Å². The third-order valence-electron chi connectivity index (χ3n) is 4.53. The first-order chi connectivity index (χ1) is 12.4. The molecule has 0 bridgehead atoms. The van der Waals surface area contributed by atoms with Gasteiger partial charge in [-0.15, -0.1) is 0 Å². The summed E-state index contributed by atoms with van der Waals surface area (Å²) < 4.78 is 7.27. The third kappa shape index (κ3) is 3.70. The van der Waals surface area contributed by atoms with Crippen LogP contribution in [0.1, 0.15) is 30.9 Å². The molecule has 0 aliphatic carbocycles. The van der Waals surface area contributed by atoms with Crippen molar-refractivity contribution in [1.29, 1.82) is 0 Å². The highest BCUT2D eigenvalue weighted by Gasteiger charge is 2.12. The number of amides is 1. The summed E-state index contributed by atoms with van der Waals surface area (Å²) in [6.07, 6.45) is 1.94. The second-order valence-electron chi connectivity index (χ2n) is 6.77. The molecule has 1 heterocycles. The molecule has 2 aromatic carbocycles. The van der Waals surface area contributed by atoms with E-state index in [9.17, 15) is 4.79 Å². The van der Waals surface area contributed by atoms with E-state index in [1.807, 2.05) is 29.8 Å². The number of halogens is 1. The average molecular weight is 371 g/mol. The quantitative estimate of drug-likeness (QED) is 0.655. The van der Waals surface area contributed by atoms with Crippen molar-refractivity contribution in [3.63, 3.8) is 0 Å². The highest BCUT2D eigenvalue weighted by Crippen LogP contribution is 2.31. The number of aromatic nitrogens is 1. The molecule has 4 nitrogen and oxygen atoms in total. The van der Waals surface area contributed by atoms with E-state index < -0.39 is 0 Å². The van der Waals surface area contributed by atoms with Crippen molar-refractivity contribution in [3.8, 4) is 5.75 Å². The third-order valence-corrected chi connectivity index (χ3v) is 4.94. The molecule has 0 saturated heterocycles. The Hall–Kier alpha value is -2.46. The highest BCUT2D eigenvalue weighted by molar-refractivity contribution is 6.31. The maximum absolute atomic E-state index is 12.5. The molecule has 0 fully saturated rings. The normalized spacial score (nSPS) is 11.2. The topological polar surface area (TPSA) is 43.3 Å². The molecule has 3 aromatic rings. The monoisotopic (exact) mass is 370 g/mol. The van der Waals surface area contributed by atoms with Crippen molar-refractivity contribution < 1.29 is 9.53 Å². The zero-order valence-corrected chi connectivity index (χ0v) is 16.2. The second kappa shape index (κ2) is 7.42. The number of carbonyl (C=O) groups is 1. The molecule has 0 aliphatic rings. The molecule has 1 amide bonds. The van der Waals surface area contributed by atoms with Crippen LogP contribution in [-0.4, -0.2) is 17.6 Å². The van der Waals surface area contributed by atoms with Crippen LogP contribution in [0.25, 0.3) is 10.9 Å². The molecule has 0 aliphatic heterocycles. The van der Waals surface area contributed by atoms with E-state index in [-0.39, 0.29) is 12.5 Å². The van der Waals surface area contributed by atoms with Gasteiger partial charge in [-0.25, -0.2) is 0 Å². The number of nitrogens with one attached hydrogen (secondary N) is 1. The summed E-state index contributed by atoms with van der Waals surface area (Å²) >= 11 is 6.12. The Bertz CT molecular complexity index is 960. The zero-order chi connectivity index (χ0) is 18.8. The summed E-state index contributed by atoms with van der Waals surface area (Å²) in [7, 11) is 1.56. The van der Waals surface area contributed by atoms with Crippen LogP contribution in [0, 0.1) is 6.92 Å². The number of ether oxygens (including phenoxy) is 1. The number of aryl methyl sites for hydroxylation is 1. The van der Waals surface area contributed by atoms with Crippen molar-refractivity contribution in [2.75, 3.05) is 12.4 Å². The van der Waals surface area contributed by atoms with Gasteiger partial charge >= 0.3 is 0 Å². The van der Waals surface area contributed by atoms with Crippen LogP contribution in [0.2, 0.25) is 5.02 Å². The largest absolute Gasteiger partial charge is 0.495 e. The molecule has 136 valence electrons. The van der Waals surface area contributed by atoms with Gasteiger partial charge in [0, 0.05) is 22.8 Å². The van der Waals surface area contributed by atoms with Crippen molar-refractivity contribution in [3.05, 3.63) is 58.7 Å². The minimum atomic E-state index is -0.115. The van der Waals surface area contributed by atoms with Gasteiger partial charge in [-0.2, -0.15) is 0 Å². The fraction of sp³-hybridized carbons (Fsp3) is 0.286. The summed E-state index contributed by atoms with van der Waals surface area (Å²) in [5.41, 5.74) is 3.85. The minimum absolute atomic E-state index is 0.115. The average Bonchev–Trinajstić information content (AvgIpc) is 3.00.